The lowest BCUT2D eigenvalue weighted by atomic mass is 10.3. The van der Waals surface area contributed by atoms with E-state index < -0.39 is 11.1 Å². The lowest BCUT2D eigenvalue weighted by Gasteiger charge is -2.34. The average Bonchev–Trinajstić information content (AvgIpc) is 2.15. The van der Waals surface area contributed by atoms with E-state index in [-0.39, 0.29) is 11.7 Å². The van der Waals surface area contributed by atoms with E-state index in [1.54, 1.807) is 11.8 Å². The van der Waals surface area contributed by atoms with Gasteiger partial charge in [0.2, 0.25) is 5.91 Å². The molecule has 5 nitrogen and oxygen atoms in total. The predicted molar refractivity (Wildman–Crippen MR) is 52.5 cm³/mol. The van der Waals surface area contributed by atoms with Crippen molar-refractivity contribution in [1.82, 2.24) is 9.80 Å². The summed E-state index contributed by atoms with van der Waals surface area (Å²) in [5.41, 5.74) is 0. The van der Waals surface area contributed by atoms with Gasteiger partial charge in [-0.25, -0.2) is 0 Å². The Morgan fingerprint density at radius 1 is 1.36 bits per heavy atom. The number of rotatable bonds is 3. The summed E-state index contributed by atoms with van der Waals surface area (Å²) in [6.07, 6.45) is 0. The highest BCUT2D eigenvalue weighted by molar-refractivity contribution is 7.79. The third kappa shape index (κ3) is 3.73. The van der Waals surface area contributed by atoms with Crippen molar-refractivity contribution < 1.29 is 13.6 Å². The van der Waals surface area contributed by atoms with Crippen LogP contribution in [-0.4, -0.2) is 62.9 Å². The molecule has 0 radical (unpaired) electrons. The minimum absolute atomic E-state index is 0.0945. The minimum Gasteiger partial charge on any atom is -0.772 e. The molecule has 1 aliphatic heterocycles. The Morgan fingerprint density at radius 2 is 1.93 bits per heavy atom. The van der Waals surface area contributed by atoms with Crippen LogP contribution in [0.5, 0.6) is 0 Å². The molecule has 1 atom stereocenters. The van der Waals surface area contributed by atoms with Crippen LogP contribution in [0.2, 0.25) is 0 Å². The Labute approximate surface area is 86.3 Å². The van der Waals surface area contributed by atoms with Crippen LogP contribution in [0.3, 0.4) is 0 Å². The van der Waals surface area contributed by atoms with E-state index in [1.165, 1.54) is 0 Å². The SMILES string of the molecule is CC(=O)N1CCN(CCS(=O)[O-])CC1. The van der Waals surface area contributed by atoms with E-state index in [4.69, 9.17) is 0 Å². The van der Waals surface area contributed by atoms with Crippen molar-refractivity contribution in [2.24, 2.45) is 0 Å². The second-order valence-electron chi connectivity index (χ2n) is 3.36. The van der Waals surface area contributed by atoms with Gasteiger partial charge in [0.25, 0.3) is 0 Å². The summed E-state index contributed by atoms with van der Waals surface area (Å²) in [4.78, 5) is 14.8. The number of nitrogens with zero attached hydrogens (tertiary/aromatic N) is 2. The molecule has 0 aromatic carbocycles. The molecule has 0 aliphatic carbocycles. The Balaban J connectivity index is 2.22. The minimum atomic E-state index is -1.96. The molecule has 1 unspecified atom stereocenters. The maximum absolute atomic E-state index is 11.0. The van der Waals surface area contributed by atoms with Crippen LogP contribution < -0.4 is 0 Å². The zero-order valence-electron chi connectivity index (χ0n) is 8.27. The normalized spacial score (nSPS) is 20.9. The summed E-state index contributed by atoms with van der Waals surface area (Å²) >= 11 is -1.96. The molecule has 0 aromatic heterocycles. The van der Waals surface area contributed by atoms with Crippen LogP contribution in [0.25, 0.3) is 0 Å². The Kier molecular flexibility index (Phi) is 4.50. The second kappa shape index (κ2) is 5.43. The molecule has 1 amide bonds. The van der Waals surface area contributed by atoms with Gasteiger partial charge in [-0.2, -0.15) is 0 Å². The highest BCUT2D eigenvalue weighted by Crippen LogP contribution is 2.01. The fourth-order valence-electron chi connectivity index (χ4n) is 1.49. The third-order valence-corrected chi connectivity index (χ3v) is 2.91. The molecule has 0 N–H and O–H groups in total. The van der Waals surface area contributed by atoms with Gasteiger partial charge in [-0.3, -0.25) is 13.9 Å². The zero-order valence-corrected chi connectivity index (χ0v) is 9.09. The molecule has 6 heteroatoms. The van der Waals surface area contributed by atoms with Gasteiger partial charge in [-0.15, -0.1) is 0 Å². The highest BCUT2D eigenvalue weighted by Gasteiger charge is 2.17. The molecule has 0 aromatic rings. The molecular weight excluding hydrogens is 204 g/mol. The average molecular weight is 219 g/mol. The van der Waals surface area contributed by atoms with E-state index in [1.807, 2.05) is 0 Å². The Hall–Kier alpha value is -0.460. The molecule has 1 heterocycles. The van der Waals surface area contributed by atoms with Gasteiger partial charge in [-0.05, 0) is 0 Å². The van der Waals surface area contributed by atoms with Crippen molar-refractivity contribution in [1.29, 1.82) is 0 Å². The molecular formula is C8H15N2O3S-. The second-order valence-corrected chi connectivity index (χ2v) is 4.37. The highest BCUT2D eigenvalue weighted by atomic mass is 32.2. The lowest BCUT2D eigenvalue weighted by molar-refractivity contribution is -0.130. The van der Waals surface area contributed by atoms with Crippen LogP contribution in [0.1, 0.15) is 6.92 Å². The number of amides is 1. The summed E-state index contributed by atoms with van der Waals surface area (Å²) in [5.74, 6) is 0.275. The van der Waals surface area contributed by atoms with Crippen LogP contribution >= 0.6 is 0 Å². The lowest BCUT2D eigenvalue weighted by Crippen LogP contribution is -2.48. The predicted octanol–water partition coefficient (Wildman–Crippen LogP) is -0.970. The number of carbonyl (C=O) groups is 1. The van der Waals surface area contributed by atoms with Crippen LogP contribution in [-0.2, 0) is 15.9 Å². The summed E-state index contributed by atoms with van der Waals surface area (Å²) in [7, 11) is 0. The summed E-state index contributed by atoms with van der Waals surface area (Å²) in [6.45, 7) is 5.10. The van der Waals surface area contributed by atoms with Crippen molar-refractivity contribution in [2.75, 3.05) is 38.5 Å². The fourth-order valence-corrected chi connectivity index (χ4v) is 1.90. The van der Waals surface area contributed by atoms with Crippen molar-refractivity contribution in [3.8, 4) is 0 Å². The van der Waals surface area contributed by atoms with Crippen molar-refractivity contribution in [3.63, 3.8) is 0 Å². The number of carbonyl (C=O) groups excluding carboxylic acids is 1. The summed E-state index contributed by atoms with van der Waals surface area (Å²) in [5, 5.41) is 0. The molecule has 1 aliphatic rings. The third-order valence-electron chi connectivity index (χ3n) is 2.39. The smallest absolute Gasteiger partial charge is 0.219 e. The zero-order chi connectivity index (χ0) is 10.6. The number of hydrogen-bond acceptors (Lipinski definition) is 4. The first kappa shape index (κ1) is 11.6. The molecule has 0 bridgehead atoms. The van der Waals surface area contributed by atoms with Gasteiger partial charge < -0.3 is 9.45 Å². The topological polar surface area (TPSA) is 63.7 Å². The summed E-state index contributed by atoms with van der Waals surface area (Å²) in [6, 6.07) is 0. The van der Waals surface area contributed by atoms with E-state index >= 15 is 0 Å². The molecule has 1 rings (SSSR count). The van der Waals surface area contributed by atoms with Gasteiger partial charge in [0.15, 0.2) is 0 Å². The Morgan fingerprint density at radius 3 is 2.36 bits per heavy atom. The standard InChI is InChI=1S/C8H16N2O3S/c1-8(11)10-4-2-9(3-5-10)6-7-14(12)13/h2-7H2,1H3,(H,12,13)/p-1. The van der Waals surface area contributed by atoms with Crippen LogP contribution in [0, 0.1) is 0 Å². The maximum Gasteiger partial charge on any atom is 0.219 e. The van der Waals surface area contributed by atoms with Crippen molar-refractivity contribution in [3.05, 3.63) is 0 Å². The van der Waals surface area contributed by atoms with Gasteiger partial charge in [0.05, 0.1) is 0 Å². The largest absolute Gasteiger partial charge is 0.772 e. The van der Waals surface area contributed by atoms with Gasteiger partial charge in [0.1, 0.15) is 0 Å². The molecule has 1 saturated heterocycles. The fraction of sp³-hybridized carbons (Fsp3) is 0.875. The molecule has 1 fully saturated rings. The number of piperazine rings is 1. The first-order chi connectivity index (χ1) is 6.59. The van der Waals surface area contributed by atoms with Gasteiger partial charge in [-0.1, -0.05) is 11.1 Å². The molecule has 0 spiro atoms. The first-order valence-electron chi connectivity index (χ1n) is 4.63. The van der Waals surface area contributed by atoms with E-state index in [0.29, 0.717) is 19.6 Å². The van der Waals surface area contributed by atoms with E-state index in [9.17, 15) is 13.6 Å². The molecule has 0 saturated carbocycles. The van der Waals surface area contributed by atoms with Crippen LogP contribution in [0.15, 0.2) is 0 Å². The van der Waals surface area contributed by atoms with Gasteiger partial charge >= 0.3 is 0 Å². The first-order valence-corrected chi connectivity index (χ1v) is 5.87. The van der Waals surface area contributed by atoms with Crippen LogP contribution in [0.4, 0.5) is 0 Å². The van der Waals surface area contributed by atoms with E-state index in [2.05, 4.69) is 4.90 Å². The monoisotopic (exact) mass is 219 g/mol. The molecule has 82 valence electrons. The van der Waals surface area contributed by atoms with E-state index in [0.717, 1.165) is 13.1 Å². The van der Waals surface area contributed by atoms with Crippen molar-refractivity contribution >= 4 is 17.0 Å². The van der Waals surface area contributed by atoms with Gasteiger partial charge in [0, 0.05) is 45.4 Å². The Bertz CT molecular complexity index is 227. The quantitative estimate of drug-likeness (QED) is 0.573. The van der Waals surface area contributed by atoms with Crippen molar-refractivity contribution in [2.45, 2.75) is 6.92 Å². The summed E-state index contributed by atoms with van der Waals surface area (Å²) < 4.78 is 20.6. The molecule has 14 heavy (non-hydrogen) atoms. The number of hydrogen-bond donors (Lipinski definition) is 0. The maximum atomic E-state index is 11.0.